The molecular formula is C35H42ClN5O8S2. The van der Waals surface area contributed by atoms with Gasteiger partial charge in [0.1, 0.15) is 21.5 Å². The number of nitrogens with one attached hydrogen (secondary N) is 2. The molecule has 0 bridgehead atoms. The minimum atomic E-state index is -4.03. The van der Waals surface area contributed by atoms with Gasteiger partial charge in [0.2, 0.25) is 11.8 Å². The molecule has 0 saturated carbocycles. The number of hydrogen-bond donors (Lipinski definition) is 2. The molecule has 0 aliphatic heterocycles. The molecule has 2 aromatic heterocycles. The van der Waals surface area contributed by atoms with Gasteiger partial charge in [-0.3, -0.25) is 14.9 Å². The first-order valence-electron chi connectivity index (χ1n) is 15.6. The number of nitriles is 1. The average molecular weight is 760 g/mol. The first-order valence-corrected chi connectivity index (χ1v) is 18.9. The van der Waals surface area contributed by atoms with E-state index in [4.69, 9.17) is 25.8 Å². The molecule has 16 heteroatoms. The number of amides is 2. The van der Waals surface area contributed by atoms with Crippen molar-refractivity contribution in [3.8, 4) is 6.07 Å². The molecule has 4 aromatic rings. The van der Waals surface area contributed by atoms with Gasteiger partial charge in [0, 0.05) is 21.9 Å². The fourth-order valence-corrected chi connectivity index (χ4v) is 6.99. The van der Waals surface area contributed by atoms with Crippen molar-refractivity contribution in [2.75, 3.05) is 10.6 Å². The van der Waals surface area contributed by atoms with E-state index in [1.54, 1.807) is 6.07 Å². The molecule has 0 unspecified atom stereocenters. The number of anilines is 2. The molecule has 0 aliphatic carbocycles. The number of benzene rings is 2. The fraction of sp³-hybridized carbons (Fsp3) is 0.400. The first kappa shape index (κ1) is 40.9. The number of halogens is 1. The summed E-state index contributed by atoms with van der Waals surface area (Å²) in [6.07, 6.45) is 1.44. The van der Waals surface area contributed by atoms with Gasteiger partial charge in [-0.15, -0.1) is 0 Å². The molecule has 2 N–H and O–H groups in total. The number of hydrogen-bond acceptors (Lipinski definition) is 11. The number of carbonyl (C=O) groups excluding carboxylic acids is 2. The van der Waals surface area contributed by atoms with Crippen LogP contribution in [0.3, 0.4) is 0 Å². The van der Waals surface area contributed by atoms with E-state index in [1.165, 1.54) is 82.5 Å². The number of sulfone groups is 2. The quantitative estimate of drug-likeness (QED) is 0.190. The van der Waals surface area contributed by atoms with Gasteiger partial charge in [-0.05, 0) is 70.2 Å². The molecule has 51 heavy (non-hydrogen) atoms. The van der Waals surface area contributed by atoms with Crippen LogP contribution in [0.1, 0.15) is 86.3 Å². The highest BCUT2D eigenvalue weighted by Gasteiger charge is 2.44. The Kier molecular flexibility index (Phi) is 11.7. The van der Waals surface area contributed by atoms with Crippen LogP contribution in [0.4, 0.5) is 11.8 Å². The largest absolute Gasteiger partial charge is 0.432 e. The van der Waals surface area contributed by atoms with Crippen LogP contribution in [-0.4, -0.2) is 48.3 Å². The van der Waals surface area contributed by atoms with Crippen molar-refractivity contribution >= 4 is 54.9 Å². The predicted octanol–water partition coefficient (Wildman–Crippen LogP) is 6.85. The predicted molar refractivity (Wildman–Crippen MR) is 193 cm³/mol. The summed E-state index contributed by atoms with van der Waals surface area (Å²) in [6, 6.07) is 14.7. The van der Waals surface area contributed by atoms with Crippen LogP contribution in [-0.2, 0) is 40.1 Å². The molecule has 274 valence electrons. The van der Waals surface area contributed by atoms with Gasteiger partial charge in [0.05, 0.1) is 27.1 Å². The third-order valence-corrected chi connectivity index (χ3v) is 12.9. The van der Waals surface area contributed by atoms with Crippen molar-refractivity contribution in [1.29, 1.82) is 5.26 Å². The minimum absolute atomic E-state index is 0.0137. The van der Waals surface area contributed by atoms with Crippen LogP contribution < -0.4 is 10.6 Å². The number of aromatic nitrogens is 2. The zero-order chi connectivity index (χ0) is 38.8. The Balaban J connectivity index is 0.000000276. The van der Waals surface area contributed by atoms with Crippen molar-refractivity contribution in [2.24, 2.45) is 0 Å². The maximum Gasteiger partial charge on any atom is 0.301 e. The second-order valence-corrected chi connectivity index (χ2v) is 20.1. The van der Waals surface area contributed by atoms with Crippen LogP contribution in [0.15, 0.2) is 79.6 Å². The summed E-state index contributed by atoms with van der Waals surface area (Å²) in [7, 11) is -7.97. The van der Waals surface area contributed by atoms with Gasteiger partial charge in [0.15, 0.2) is 25.5 Å². The highest BCUT2D eigenvalue weighted by molar-refractivity contribution is 7.94. The number of carbonyl (C=O) groups is 2. The third kappa shape index (κ3) is 9.05. The summed E-state index contributed by atoms with van der Waals surface area (Å²) in [5.41, 5.74) is 0.307. The lowest BCUT2D eigenvalue weighted by Gasteiger charge is -2.23. The highest BCUT2D eigenvalue weighted by atomic mass is 35.5. The van der Waals surface area contributed by atoms with Crippen molar-refractivity contribution in [1.82, 2.24) is 10.1 Å². The molecule has 0 radical (unpaired) electrons. The molecule has 0 fully saturated rings. The monoisotopic (exact) mass is 759 g/mol. The van der Waals surface area contributed by atoms with E-state index in [0.717, 1.165) is 0 Å². The van der Waals surface area contributed by atoms with Crippen molar-refractivity contribution in [3.63, 3.8) is 0 Å². The molecule has 2 amide bonds. The van der Waals surface area contributed by atoms with E-state index < -0.39 is 41.0 Å². The van der Waals surface area contributed by atoms with Crippen LogP contribution in [0, 0.1) is 11.3 Å². The van der Waals surface area contributed by atoms with Crippen LogP contribution in [0.5, 0.6) is 0 Å². The number of rotatable bonds is 8. The Labute approximate surface area is 303 Å². The van der Waals surface area contributed by atoms with Gasteiger partial charge < -0.3 is 14.3 Å². The second-order valence-electron chi connectivity index (χ2n) is 14.6. The molecule has 0 atom stereocenters. The zero-order valence-electron chi connectivity index (χ0n) is 30.1. The smallest absolute Gasteiger partial charge is 0.301 e. The SMILES string of the molecule is CC(C)(C)c1cc(NC(=O)C(C)(C)S(=O)(=O)c2cccc(C#N)c2)no1.CC(C)(C)c1coc(NC(=O)C(C)(C)S(=O)(=O)c2ccc(Cl)cc2)n1. The Hall–Kier alpha value is -4.52. The highest BCUT2D eigenvalue weighted by Crippen LogP contribution is 2.31. The molecule has 0 saturated heterocycles. The van der Waals surface area contributed by atoms with Gasteiger partial charge in [0.25, 0.3) is 0 Å². The standard InChI is InChI=1S/C18H21N3O4S.C17H21ClN2O4S/c1-17(2,3)14-10-15(21-25-14)20-16(22)18(4,5)26(23,24)13-8-6-7-12(9-13)11-19;1-16(2,3)13-10-24-15(19-13)20-14(21)17(4,5)25(22,23)12-8-6-11(18)7-9-12/h6-10H,1-5H3,(H,20,21,22);6-10H,1-5H3,(H,19,20,21). The molecule has 13 nitrogen and oxygen atoms in total. The van der Waals surface area contributed by atoms with E-state index in [-0.39, 0.29) is 38.0 Å². The fourth-order valence-electron chi connectivity index (χ4n) is 4.06. The molecule has 2 heterocycles. The summed E-state index contributed by atoms with van der Waals surface area (Å²) >= 11 is 5.79. The van der Waals surface area contributed by atoms with Crippen LogP contribution in [0.25, 0.3) is 0 Å². The van der Waals surface area contributed by atoms with E-state index in [2.05, 4.69) is 20.8 Å². The van der Waals surface area contributed by atoms with Crippen LogP contribution >= 0.6 is 11.6 Å². The minimum Gasteiger partial charge on any atom is -0.432 e. The van der Waals surface area contributed by atoms with Crippen molar-refractivity contribution in [2.45, 2.75) is 99.4 Å². The summed E-state index contributed by atoms with van der Waals surface area (Å²) in [4.78, 5) is 29.3. The Bertz CT molecular complexity index is 2170. The van der Waals surface area contributed by atoms with E-state index in [9.17, 15) is 26.4 Å². The molecular weight excluding hydrogens is 718 g/mol. The topological polar surface area (TPSA) is 202 Å². The number of nitrogens with zero attached hydrogens (tertiary/aromatic N) is 3. The normalized spacial score (nSPS) is 12.7. The van der Waals surface area contributed by atoms with Gasteiger partial charge in [-0.25, -0.2) is 16.8 Å². The summed E-state index contributed by atoms with van der Waals surface area (Å²) in [5.74, 6) is -0.762. The molecule has 0 aliphatic rings. The van der Waals surface area contributed by atoms with Crippen molar-refractivity contribution in [3.05, 3.63) is 82.9 Å². The second kappa shape index (κ2) is 14.6. The Morgan fingerprint density at radius 3 is 1.80 bits per heavy atom. The lowest BCUT2D eigenvalue weighted by Crippen LogP contribution is -2.44. The lowest BCUT2D eigenvalue weighted by atomic mass is 9.93. The summed E-state index contributed by atoms with van der Waals surface area (Å²) in [5, 5.41) is 18.1. The Morgan fingerprint density at radius 1 is 0.765 bits per heavy atom. The number of oxazole rings is 1. The van der Waals surface area contributed by atoms with E-state index >= 15 is 0 Å². The van der Waals surface area contributed by atoms with Crippen molar-refractivity contribution < 1.29 is 35.4 Å². The maximum absolute atomic E-state index is 12.9. The molecule has 4 rings (SSSR count). The van der Waals surface area contributed by atoms with Gasteiger partial charge >= 0.3 is 6.01 Å². The first-order chi connectivity index (χ1) is 23.2. The van der Waals surface area contributed by atoms with Gasteiger partial charge in [-0.1, -0.05) is 64.4 Å². The molecule has 0 spiro atoms. The Morgan fingerprint density at radius 2 is 1.31 bits per heavy atom. The summed E-state index contributed by atoms with van der Waals surface area (Å²) < 4.78 is 58.3. The van der Waals surface area contributed by atoms with E-state index in [1.807, 2.05) is 47.6 Å². The summed E-state index contributed by atoms with van der Waals surface area (Å²) in [6.45, 7) is 16.9. The molecule has 2 aromatic carbocycles. The van der Waals surface area contributed by atoms with Gasteiger partial charge in [-0.2, -0.15) is 10.2 Å². The average Bonchev–Trinajstić information content (AvgIpc) is 3.72. The van der Waals surface area contributed by atoms with E-state index in [0.29, 0.717) is 16.5 Å². The zero-order valence-corrected chi connectivity index (χ0v) is 32.5. The van der Waals surface area contributed by atoms with Crippen LogP contribution in [0.2, 0.25) is 5.02 Å². The lowest BCUT2D eigenvalue weighted by molar-refractivity contribution is -0.118. The third-order valence-electron chi connectivity index (χ3n) is 7.82. The maximum atomic E-state index is 12.9.